The average Bonchev–Trinajstić information content (AvgIpc) is 2.44. The minimum atomic E-state index is 0.119. The minimum absolute atomic E-state index is 0.119. The van der Waals surface area contributed by atoms with Crippen molar-refractivity contribution in [3.8, 4) is 0 Å². The lowest BCUT2D eigenvalue weighted by Crippen LogP contribution is -2.28. The molecule has 0 aliphatic rings. The molecule has 106 valence electrons. The van der Waals surface area contributed by atoms with E-state index in [1.807, 2.05) is 11.0 Å². The lowest BCUT2D eigenvalue weighted by atomic mass is 10.2. The molecule has 1 aromatic heterocycles. The maximum atomic E-state index is 9.15. The summed E-state index contributed by atoms with van der Waals surface area (Å²) in [5.41, 5.74) is 2.31. The Morgan fingerprint density at radius 3 is 2.79 bits per heavy atom. The first kappa shape index (κ1) is 15.7. The van der Waals surface area contributed by atoms with Gasteiger partial charge in [-0.15, -0.1) is 6.58 Å². The summed E-state index contributed by atoms with van der Waals surface area (Å²) in [5.74, 6) is 0.918. The van der Waals surface area contributed by atoms with Crippen molar-refractivity contribution in [2.75, 3.05) is 31.1 Å². The summed E-state index contributed by atoms with van der Waals surface area (Å²) in [7, 11) is 0. The first-order valence-electron chi connectivity index (χ1n) is 6.92. The SMILES string of the molecule is C=CCN(CCO)c1cc(CNCC)cc(CC)n1. The normalized spacial score (nSPS) is 10.5. The highest BCUT2D eigenvalue weighted by atomic mass is 16.3. The van der Waals surface area contributed by atoms with Crippen LogP contribution in [0.3, 0.4) is 0 Å². The van der Waals surface area contributed by atoms with Crippen molar-refractivity contribution in [2.24, 2.45) is 0 Å². The number of aryl methyl sites for hydroxylation is 1. The first-order chi connectivity index (χ1) is 9.24. The van der Waals surface area contributed by atoms with Gasteiger partial charge >= 0.3 is 0 Å². The molecule has 0 spiro atoms. The van der Waals surface area contributed by atoms with Crippen LogP contribution in [0, 0.1) is 0 Å². The molecule has 0 aromatic carbocycles. The molecular weight excluding hydrogens is 238 g/mol. The molecule has 0 aliphatic heterocycles. The molecule has 1 heterocycles. The van der Waals surface area contributed by atoms with Gasteiger partial charge in [-0.1, -0.05) is 19.9 Å². The van der Waals surface area contributed by atoms with Gasteiger partial charge < -0.3 is 15.3 Å². The second-order valence-electron chi connectivity index (χ2n) is 4.42. The van der Waals surface area contributed by atoms with Crippen molar-refractivity contribution in [1.82, 2.24) is 10.3 Å². The van der Waals surface area contributed by atoms with E-state index in [2.05, 4.69) is 42.9 Å². The number of hydrogen-bond donors (Lipinski definition) is 2. The molecule has 0 unspecified atom stereocenters. The fraction of sp³-hybridized carbons (Fsp3) is 0.533. The molecule has 0 saturated heterocycles. The number of rotatable bonds is 9. The molecule has 0 saturated carbocycles. The first-order valence-corrected chi connectivity index (χ1v) is 6.92. The van der Waals surface area contributed by atoms with Crippen LogP contribution in [0.15, 0.2) is 24.8 Å². The molecule has 4 nitrogen and oxygen atoms in total. The Labute approximate surface area is 116 Å². The van der Waals surface area contributed by atoms with Crippen LogP contribution >= 0.6 is 0 Å². The van der Waals surface area contributed by atoms with Crippen molar-refractivity contribution < 1.29 is 5.11 Å². The van der Waals surface area contributed by atoms with Crippen molar-refractivity contribution in [1.29, 1.82) is 0 Å². The maximum Gasteiger partial charge on any atom is 0.129 e. The molecular formula is C15H25N3O. The molecule has 1 rings (SSSR count). The number of aromatic nitrogens is 1. The van der Waals surface area contributed by atoms with Crippen LogP contribution < -0.4 is 10.2 Å². The largest absolute Gasteiger partial charge is 0.395 e. The van der Waals surface area contributed by atoms with Crippen LogP contribution in [0.5, 0.6) is 0 Å². The third kappa shape index (κ3) is 5.01. The third-order valence-corrected chi connectivity index (χ3v) is 2.91. The van der Waals surface area contributed by atoms with Crippen LogP contribution in [0.25, 0.3) is 0 Å². The Balaban J connectivity index is 2.98. The minimum Gasteiger partial charge on any atom is -0.395 e. The monoisotopic (exact) mass is 263 g/mol. The smallest absolute Gasteiger partial charge is 0.129 e. The molecule has 0 fully saturated rings. The fourth-order valence-electron chi connectivity index (χ4n) is 1.92. The number of pyridine rings is 1. The van der Waals surface area contributed by atoms with E-state index in [1.165, 1.54) is 5.56 Å². The van der Waals surface area contributed by atoms with Crippen LogP contribution in [0.1, 0.15) is 25.1 Å². The molecule has 0 bridgehead atoms. The lowest BCUT2D eigenvalue weighted by Gasteiger charge is -2.22. The van der Waals surface area contributed by atoms with E-state index in [0.29, 0.717) is 13.1 Å². The van der Waals surface area contributed by atoms with Crippen LogP contribution in [0.4, 0.5) is 5.82 Å². The van der Waals surface area contributed by atoms with Gasteiger partial charge in [0.25, 0.3) is 0 Å². The molecule has 0 amide bonds. The highest BCUT2D eigenvalue weighted by molar-refractivity contribution is 5.43. The highest BCUT2D eigenvalue weighted by Crippen LogP contribution is 2.16. The summed E-state index contributed by atoms with van der Waals surface area (Å²) >= 11 is 0. The van der Waals surface area contributed by atoms with Crippen molar-refractivity contribution in [3.63, 3.8) is 0 Å². The van der Waals surface area contributed by atoms with Crippen molar-refractivity contribution in [2.45, 2.75) is 26.8 Å². The third-order valence-electron chi connectivity index (χ3n) is 2.91. The molecule has 0 atom stereocenters. The van der Waals surface area contributed by atoms with E-state index in [9.17, 15) is 0 Å². The van der Waals surface area contributed by atoms with Gasteiger partial charge in [0.05, 0.1) is 6.61 Å². The molecule has 2 N–H and O–H groups in total. The summed E-state index contributed by atoms with van der Waals surface area (Å²) in [4.78, 5) is 6.68. The second kappa shape index (κ2) is 8.67. The van der Waals surface area contributed by atoms with Gasteiger partial charge in [-0.25, -0.2) is 4.98 Å². The van der Waals surface area contributed by atoms with E-state index in [-0.39, 0.29) is 6.61 Å². The van der Waals surface area contributed by atoms with Gasteiger partial charge in [0.15, 0.2) is 0 Å². The zero-order valence-corrected chi connectivity index (χ0v) is 12.0. The highest BCUT2D eigenvalue weighted by Gasteiger charge is 2.08. The second-order valence-corrected chi connectivity index (χ2v) is 4.42. The van der Waals surface area contributed by atoms with Gasteiger partial charge in [-0.05, 0) is 30.7 Å². The summed E-state index contributed by atoms with van der Waals surface area (Å²) in [5, 5.41) is 12.5. The van der Waals surface area contributed by atoms with E-state index < -0.39 is 0 Å². The Hall–Kier alpha value is -1.39. The number of anilines is 1. The fourth-order valence-corrected chi connectivity index (χ4v) is 1.92. The van der Waals surface area contributed by atoms with Gasteiger partial charge in [-0.2, -0.15) is 0 Å². The van der Waals surface area contributed by atoms with Gasteiger partial charge in [-0.3, -0.25) is 0 Å². The number of hydrogen-bond acceptors (Lipinski definition) is 4. The summed E-state index contributed by atoms with van der Waals surface area (Å²) in [6.45, 7) is 11.1. The topological polar surface area (TPSA) is 48.4 Å². The predicted octanol–water partition coefficient (Wildman–Crippen LogP) is 1.74. The van der Waals surface area contributed by atoms with E-state index in [4.69, 9.17) is 5.11 Å². The Bertz CT molecular complexity index is 393. The molecule has 0 radical (unpaired) electrons. The number of aliphatic hydroxyl groups is 1. The Morgan fingerprint density at radius 1 is 1.42 bits per heavy atom. The van der Waals surface area contributed by atoms with Crippen LogP contribution in [-0.2, 0) is 13.0 Å². The van der Waals surface area contributed by atoms with E-state index in [0.717, 1.165) is 31.0 Å². The maximum absolute atomic E-state index is 9.15. The standard InChI is InChI=1S/C15H25N3O/c1-4-7-18(8-9-19)15-11-13(12-16-6-3)10-14(5-2)17-15/h4,10-11,16,19H,1,5-9,12H2,2-3H3. The van der Waals surface area contributed by atoms with Gasteiger partial charge in [0.1, 0.15) is 5.82 Å². The van der Waals surface area contributed by atoms with Crippen LogP contribution in [-0.4, -0.2) is 36.3 Å². The van der Waals surface area contributed by atoms with Gasteiger partial charge in [0.2, 0.25) is 0 Å². The lowest BCUT2D eigenvalue weighted by molar-refractivity contribution is 0.302. The molecule has 4 heteroatoms. The zero-order valence-electron chi connectivity index (χ0n) is 12.0. The summed E-state index contributed by atoms with van der Waals surface area (Å²) in [6, 6.07) is 4.22. The Kier molecular flexibility index (Phi) is 7.15. The van der Waals surface area contributed by atoms with Crippen molar-refractivity contribution >= 4 is 5.82 Å². The number of nitrogens with zero attached hydrogens (tertiary/aromatic N) is 2. The molecule has 19 heavy (non-hydrogen) atoms. The van der Waals surface area contributed by atoms with Crippen LogP contribution in [0.2, 0.25) is 0 Å². The average molecular weight is 263 g/mol. The molecule has 1 aromatic rings. The molecule has 0 aliphatic carbocycles. The van der Waals surface area contributed by atoms with Crippen molar-refractivity contribution in [3.05, 3.63) is 36.0 Å². The van der Waals surface area contributed by atoms with Gasteiger partial charge in [0, 0.05) is 25.3 Å². The van der Waals surface area contributed by atoms with E-state index in [1.54, 1.807) is 0 Å². The number of aliphatic hydroxyl groups excluding tert-OH is 1. The zero-order chi connectivity index (χ0) is 14.1. The summed E-state index contributed by atoms with van der Waals surface area (Å²) in [6.07, 6.45) is 2.74. The Morgan fingerprint density at radius 2 is 2.21 bits per heavy atom. The predicted molar refractivity (Wildman–Crippen MR) is 80.5 cm³/mol. The van der Waals surface area contributed by atoms with E-state index >= 15 is 0 Å². The summed E-state index contributed by atoms with van der Waals surface area (Å²) < 4.78 is 0. The quantitative estimate of drug-likeness (QED) is 0.666. The number of nitrogens with one attached hydrogen (secondary N) is 1.